The highest BCUT2D eigenvalue weighted by Crippen LogP contribution is 2.39. The van der Waals surface area contributed by atoms with Gasteiger partial charge in [0, 0.05) is 35.5 Å². The molecule has 2 aromatic carbocycles. The zero-order valence-corrected chi connectivity index (χ0v) is 18.6. The number of benzene rings is 2. The van der Waals surface area contributed by atoms with Gasteiger partial charge in [0.05, 0.1) is 20.8 Å². The zero-order chi connectivity index (χ0) is 22.2. The summed E-state index contributed by atoms with van der Waals surface area (Å²) in [5.74, 6) is 2.59. The SMILES string of the molecule is COc1cc2c(Cl)nnc(N3CCC(N4Cc5ccccc5OC4=O)CC3)c2cc1OC. The molecular formula is C23H23ClN4O4. The summed E-state index contributed by atoms with van der Waals surface area (Å²) in [6, 6.07) is 11.5. The Bertz CT molecular complexity index is 1180. The van der Waals surface area contributed by atoms with Crippen molar-refractivity contribution in [3.05, 3.63) is 47.1 Å². The van der Waals surface area contributed by atoms with Crippen LogP contribution in [0.15, 0.2) is 36.4 Å². The molecule has 0 atom stereocenters. The van der Waals surface area contributed by atoms with Crippen molar-refractivity contribution >= 4 is 34.3 Å². The smallest absolute Gasteiger partial charge is 0.415 e. The predicted molar refractivity (Wildman–Crippen MR) is 121 cm³/mol. The van der Waals surface area contributed by atoms with Crippen LogP contribution >= 0.6 is 11.6 Å². The lowest BCUT2D eigenvalue weighted by molar-refractivity contribution is 0.106. The number of fused-ring (bicyclic) bond motifs is 2. The fraction of sp³-hybridized carbons (Fsp3) is 0.348. The van der Waals surface area contributed by atoms with Crippen molar-refractivity contribution in [3.63, 3.8) is 0 Å². The Balaban J connectivity index is 1.38. The molecule has 1 fully saturated rings. The minimum Gasteiger partial charge on any atom is -0.493 e. The van der Waals surface area contributed by atoms with Gasteiger partial charge in [0.15, 0.2) is 22.5 Å². The van der Waals surface area contributed by atoms with Crippen LogP contribution < -0.4 is 19.1 Å². The van der Waals surface area contributed by atoms with Gasteiger partial charge in [-0.25, -0.2) is 4.79 Å². The third kappa shape index (κ3) is 3.54. The van der Waals surface area contributed by atoms with Crippen LogP contribution in [0.5, 0.6) is 17.2 Å². The summed E-state index contributed by atoms with van der Waals surface area (Å²) >= 11 is 6.33. The maximum absolute atomic E-state index is 12.6. The van der Waals surface area contributed by atoms with Crippen molar-refractivity contribution in [2.75, 3.05) is 32.2 Å². The third-order valence-corrected chi connectivity index (χ3v) is 6.45. The van der Waals surface area contributed by atoms with Crippen LogP contribution in [0.3, 0.4) is 0 Å². The van der Waals surface area contributed by atoms with Gasteiger partial charge in [-0.3, -0.25) is 0 Å². The summed E-state index contributed by atoms with van der Waals surface area (Å²) in [6.07, 6.45) is 1.32. The van der Waals surface area contributed by atoms with E-state index in [9.17, 15) is 4.79 Å². The molecule has 3 heterocycles. The highest BCUT2D eigenvalue weighted by molar-refractivity contribution is 6.34. The normalized spacial score (nSPS) is 16.7. The number of nitrogens with zero attached hydrogens (tertiary/aromatic N) is 4. The van der Waals surface area contributed by atoms with Crippen molar-refractivity contribution in [2.45, 2.75) is 25.4 Å². The Labute approximate surface area is 190 Å². The lowest BCUT2D eigenvalue weighted by atomic mass is 10.0. The van der Waals surface area contributed by atoms with Crippen molar-refractivity contribution in [3.8, 4) is 17.2 Å². The van der Waals surface area contributed by atoms with Gasteiger partial charge in [-0.15, -0.1) is 10.2 Å². The summed E-state index contributed by atoms with van der Waals surface area (Å²) in [6.45, 7) is 2.03. The molecule has 0 spiro atoms. The van der Waals surface area contributed by atoms with E-state index in [4.69, 9.17) is 25.8 Å². The molecule has 0 saturated carbocycles. The summed E-state index contributed by atoms with van der Waals surface area (Å²) in [4.78, 5) is 16.6. The largest absolute Gasteiger partial charge is 0.493 e. The average molecular weight is 455 g/mol. The van der Waals surface area contributed by atoms with Gasteiger partial charge in [-0.1, -0.05) is 29.8 Å². The van der Waals surface area contributed by atoms with Crippen molar-refractivity contribution < 1.29 is 19.0 Å². The first kappa shape index (κ1) is 20.6. The molecule has 0 N–H and O–H groups in total. The van der Waals surface area contributed by atoms with Crippen LogP contribution in [0, 0.1) is 0 Å². The Morgan fingerprint density at radius 3 is 2.44 bits per heavy atom. The predicted octanol–water partition coefficient (Wildman–Crippen LogP) is 4.28. The Hall–Kier alpha value is -3.26. The van der Waals surface area contributed by atoms with E-state index in [1.165, 1.54) is 0 Å². The minimum absolute atomic E-state index is 0.105. The number of rotatable bonds is 4. The molecule has 5 rings (SSSR count). The van der Waals surface area contributed by atoms with Gasteiger partial charge in [0.2, 0.25) is 0 Å². The second-order valence-corrected chi connectivity index (χ2v) is 8.25. The molecule has 2 aliphatic rings. The first-order valence-electron chi connectivity index (χ1n) is 10.5. The zero-order valence-electron chi connectivity index (χ0n) is 17.9. The van der Waals surface area contributed by atoms with Gasteiger partial charge in [0.1, 0.15) is 5.75 Å². The van der Waals surface area contributed by atoms with Crippen molar-refractivity contribution in [1.82, 2.24) is 15.1 Å². The average Bonchev–Trinajstić information content (AvgIpc) is 2.83. The third-order valence-electron chi connectivity index (χ3n) is 6.17. The fourth-order valence-corrected chi connectivity index (χ4v) is 4.66. The molecule has 0 radical (unpaired) electrons. The van der Waals surface area contributed by atoms with Gasteiger partial charge < -0.3 is 24.0 Å². The number of amides is 1. The number of carbonyl (C=O) groups is 1. The number of hydrogen-bond donors (Lipinski definition) is 0. The lowest BCUT2D eigenvalue weighted by Gasteiger charge is -2.40. The highest BCUT2D eigenvalue weighted by atomic mass is 35.5. The van der Waals surface area contributed by atoms with E-state index in [1.807, 2.05) is 41.3 Å². The lowest BCUT2D eigenvalue weighted by Crippen LogP contribution is -2.49. The number of aromatic nitrogens is 2. The molecular weight excluding hydrogens is 432 g/mol. The molecule has 0 unspecified atom stereocenters. The van der Waals surface area contributed by atoms with E-state index in [0.29, 0.717) is 28.9 Å². The maximum Gasteiger partial charge on any atom is 0.415 e. The maximum atomic E-state index is 12.6. The van der Waals surface area contributed by atoms with Crippen LogP contribution in [0.1, 0.15) is 18.4 Å². The molecule has 166 valence electrons. The molecule has 3 aromatic rings. The molecule has 0 aliphatic carbocycles. The number of halogens is 1. The number of methoxy groups -OCH3 is 2. The number of carbonyl (C=O) groups excluding carboxylic acids is 1. The second-order valence-electron chi connectivity index (χ2n) is 7.89. The van der Waals surface area contributed by atoms with E-state index in [1.54, 1.807) is 14.2 Å². The Morgan fingerprint density at radius 1 is 1.03 bits per heavy atom. The summed E-state index contributed by atoms with van der Waals surface area (Å²) < 4.78 is 16.4. The second kappa shape index (κ2) is 8.35. The quantitative estimate of drug-likeness (QED) is 0.582. The molecule has 1 amide bonds. The first-order chi connectivity index (χ1) is 15.6. The summed E-state index contributed by atoms with van der Waals surface area (Å²) in [5, 5.41) is 10.5. The fourth-order valence-electron chi connectivity index (χ4n) is 4.47. The summed E-state index contributed by atoms with van der Waals surface area (Å²) in [7, 11) is 3.18. The van der Waals surface area contributed by atoms with Crippen LogP contribution in [0.4, 0.5) is 10.6 Å². The summed E-state index contributed by atoms with van der Waals surface area (Å²) in [5.41, 5.74) is 1.03. The number of piperidine rings is 1. The standard InChI is InChI=1S/C23H23ClN4O4/c1-30-19-11-16-17(12-20(19)31-2)22(26-25-21(16)24)27-9-7-15(8-10-27)28-13-14-5-3-4-6-18(14)32-23(28)29/h3-6,11-12,15H,7-10,13H2,1-2H3. The minimum atomic E-state index is -0.282. The van der Waals surface area contributed by atoms with Crippen LogP contribution in [-0.2, 0) is 6.54 Å². The van der Waals surface area contributed by atoms with Crippen LogP contribution in [0.2, 0.25) is 5.15 Å². The van der Waals surface area contributed by atoms with E-state index in [-0.39, 0.29) is 12.1 Å². The van der Waals surface area contributed by atoms with E-state index < -0.39 is 0 Å². The number of anilines is 1. The van der Waals surface area contributed by atoms with Gasteiger partial charge >= 0.3 is 6.09 Å². The molecule has 9 heteroatoms. The van der Waals surface area contributed by atoms with Crippen molar-refractivity contribution in [2.24, 2.45) is 0 Å². The number of hydrogen-bond acceptors (Lipinski definition) is 7. The van der Waals surface area contributed by atoms with E-state index in [2.05, 4.69) is 15.1 Å². The highest BCUT2D eigenvalue weighted by Gasteiger charge is 2.33. The van der Waals surface area contributed by atoms with E-state index in [0.717, 1.165) is 48.1 Å². The Morgan fingerprint density at radius 2 is 1.72 bits per heavy atom. The molecule has 0 bridgehead atoms. The number of para-hydroxylation sites is 1. The molecule has 2 aliphatic heterocycles. The van der Waals surface area contributed by atoms with Crippen LogP contribution in [0.25, 0.3) is 10.8 Å². The topological polar surface area (TPSA) is 77.0 Å². The van der Waals surface area contributed by atoms with Gasteiger partial charge in [0.25, 0.3) is 0 Å². The molecule has 1 saturated heterocycles. The van der Waals surface area contributed by atoms with Gasteiger partial charge in [-0.05, 0) is 31.0 Å². The number of ether oxygens (including phenoxy) is 3. The van der Waals surface area contributed by atoms with Gasteiger partial charge in [-0.2, -0.15) is 0 Å². The monoisotopic (exact) mass is 454 g/mol. The molecule has 32 heavy (non-hydrogen) atoms. The van der Waals surface area contributed by atoms with Crippen molar-refractivity contribution in [1.29, 1.82) is 0 Å². The van der Waals surface area contributed by atoms with Crippen LogP contribution in [-0.4, -0.2) is 54.5 Å². The van der Waals surface area contributed by atoms with E-state index >= 15 is 0 Å². The molecule has 8 nitrogen and oxygen atoms in total. The first-order valence-corrected chi connectivity index (χ1v) is 10.9. The Kier molecular flexibility index (Phi) is 5.38. The molecule has 1 aromatic heterocycles.